The number of benzene rings is 1. The first-order chi connectivity index (χ1) is 9.35. The zero-order valence-electron chi connectivity index (χ0n) is 10.9. The number of fused-ring (bicyclic) bond motifs is 1. The van der Waals surface area contributed by atoms with Crippen LogP contribution in [0.2, 0.25) is 5.02 Å². The lowest BCUT2D eigenvalue weighted by Crippen LogP contribution is -2.27. The molecule has 108 valence electrons. The molecule has 0 saturated heterocycles. The molecule has 0 amide bonds. The molecule has 9 heteroatoms. The van der Waals surface area contributed by atoms with E-state index >= 15 is 0 Å². The van der Waals surface area contributed by atoms with Crippen molar-refractivity contribution in [3.05, 3.63) is 21.2 Å². The fourth-order valence-electron chi connectivity index (χ4n) is 1.60. The van der Waals surface area contributed by atoms with Crippen molar-refractivity contribution < 1.29 is 14.7 Å². The van der Waals surface area contributed by atoms with Crippen LogP contribution in [-0.4, -0.2) is 33.5 Å². The van der Waals surface area contributed by atoms with Gasteiger partial charge in [-0.1, -0.05) is 25.4 Å². The zero-order chi connectivity index (χ0) is 14.9. The Morgan fingerprint density at radius 1 is 1.50 bits per heavy atom. The molecule has 20 heavy (non-hydrogen) atoms. The summed E-state index contributed by atoms with van der Waals surface area (Å²) in [7, 11) is 0. The third-order valence-corrected chi connectivity index (χ3v) is 3.12. The van der Waals surface area contributed by atoms with Crippen molar-refractivity contribution in [2.45, 2.75) is 13.8 Å². The minimum absolute atomic E-state index is 0.00759. The monoisotopic (exact) mass is 300 g/mol. The molecule has 1 aromatic heterocycles. The summed E-state index contributed by atoms with van der Waals surface area (Å²) >= 11 is 5.99. The van der Waals surface area contributed by atoms with E-state index in [1.807, 2.05) is 13.8 Å². The topological polar surface area (TPSA) is 114 Å². The van der Waals surface area contributed by atoms with Crippen molar-refractivity contribution >= 4 is 34.0 Å². The lowest BCUT2D eigenvalue weighted by molar-refractivity contribution is -0.382. The Morgan fingerprint density at radius 3 is 2.75 bits per heavy atom. The molecule has 0 bridgehead atoms. The van der Waals surface area contributed by atoms with E-state index in [-0.39, 0.29) is 34.0 Å². The van der Waals surface area contributed by atoms with Crippen molar-refractivity contribution in [3.63, 3.8) is 0 Å². The zero-order valence-corrected chi connectivity index (χ0v) is 11.6. The van der Waals surface area contributed by atoms with Gasteiger partial charge in [-0.25, -0.2) is 4.63 Å². The summed E-state index contributed by atoms with van der Waals surface area (Å²) in [4.78, 5) is 10.6. The maximum atomic E-state index is 11.2. The minimum atomic E-state index is -0.572. The molecule has 0 aliphatic carbocycles. The number of nitrogens with one attached hydrogen (secondary N) is 1. The highest BCUT2D eigenvalue weighted by atomic mass is 35.5. The third kappa shape index (κ3) is 2.66. The average Bonchev–Trinajstić information content (AvgIpc) is 2.85. The molecule has 0 unspecified atom stereocenters. The van der Waals surface area contributed by atoms with Gasteiger partial charge >= 0.3 is 5.69 Å². The van der Waals surface area contributed by atoms with E-state index in [9.17, 15) is 15.2 Å². The molecule has 0 spiro atoms. The van der Waals surface area contributed by atoms with Gasteiger partial charge in [0, 0.05) is 18.6 Å². The van der Waals surface area contributed by atoms with E-state index in [2.05, 4.69) is 20.3 Å². The Bertz CT molecular complexity index is 655. The second-order valence-corrected chi connectivity index (χ2v) is 5.56. The Kier molecular flexibility index (Phi) is 3.78. The molecule has 0 radical (unpaired) electrons. The fraction of sp³-hybridized carbons (Fsp3) is 0.455. The van der Waals surface area contributed by atoms with Gasteiger partial charge in [0.1, 0.15) is 5.69 Å². The van der Waals surface area contributed by atoms with Crippen LogP contribution in [0.15, 0.2) is 10.7 Å². The Morgan fingerprint density at radius 2 is 2.15 bits per heavy atom. The first-order valence-corrected chi connectivity index (χ1v) is 6.17. The molecule has 0 aliphatic heterocycles. The summed E-state index contributed by atoms with van der Waals surface area (Å²) < 4.78 is 4.50. The van der Waals surface area contributed by atoms with Gasteiger partial charge < -0.3 is 10.4 Å². The summed E-state index contributed by atoms with van der Waals surface area (Å²) in [6.45, 7) is 3.92. The summed E-state index contributed by atoms with van der Waals surface area (Å²) in [6, 6.07) is 1.40. The van der Waals surface area contributed by atoms with E-state index in [1.54, 1.807) is 0 Å². The smallest absolute Gasteiger partial charge is 0.323 e. The van der Waals surface area contributed by atoms with Gasteiger partial charge in [-0.3, -0.25) is 10.1 Å². The number of aromatic nitrogens is 2. The van der Waals surface area contributed by atoms with Gasteiger partial charge in [0.15, 0.2) is 5.52 Å². The SMILES string of the molecule is CC(C)(CO)CNc1cc(Cl)c2nonc2c1[N+](=O)[O-]. The number of halogens is 1. The van der Waals surface area contributed by atoms with Crippen molar-refractivity contribution in [1.29, 1.82) is 0 Å². The molecule has 0 saturated carbocycles. The lowest BCUT2D eigenvalue weighted by Gasteiger charge is -2.22. The molecular weight excluding hydrogens is 288 g/mol. The Hall–Kier alpha value is -1.93. The third-order valence-electron chi connectivity index (χ3n) is 2.83. The maximum Gasteiger partial charge on any atom is 0.323 e. The van der Waals surface area contributed by atoms with E-state index in [0.717, 1.165) is 0 Å². The molecule has 8 nitrogen and oxygen atoms in total. The first-order valence-electron chi connectivity index (χ1n) is 5.79. The second-order valence-electron chi connectivity index (χ2n) is 5.15. The fourth-order valence-corrected chi connectivity index (χ4v) is 1.83. The second kappa shape index (κ2) is 5.22. The van der Waals surface area contributed by atoms with Crippen LogP contribution in [0.5, 0.6) is 0 Å². The lowest BCUT2D eigenvalue weighted by atomic mass is 9.95. The van der Waals surface area contributed by atoms with Crippen molar-refractivity contribution in [1.82, 2.24) is 10.3 Å². The molecule has 1 aromatic carbocycles. The van der Waals surface area contributed by atoms with Gasteiger partial charge in [0.25, 0.3) is 0 Å². The molecule has 0 atom stereocenters. The van der Waals surface area contributed by atoms with Crippen LogP contribution in [-0.2, 0) is 0 Å². The number of hydrogen-bond donors (Lipinski definition) is 2. The van der Waals surface area contributed by atoms with Gasteiger partial charge in [-0.05, 0) is 16.4 Å². The van der Waals surface area contributed by atoms with E-state index in [0.29, 0.717) is 6.54 Å². The van der Waals surface area contributed by atoms with Crippen LogP contribution in [0.25, 0.3) is 11.0 Å². The molecule has 2 N–H and O–H groups in total. The van der Waals surface area contributed by atoms with Gasteiger partial charge in [0.05, 0.1) is 9.95 Å². The van der Waals surface area contributed by atoms with E-state index < -0.39 is 10.3 Å². The van der Waals surface area contributed by atoms with Crippen LogP contribution in [0.4, 0.5) is 11.4 Å². The molecule has 0 fully saturated rings. The van der Waals surface area contributed by atoms with Crippen LogP contribution >= 0.6 is 11.6 Å². The Labute approximate surface area is 118 Å². The number of anilines is 1. The molecule has 2 rings (SSSR count). The normalized spacial score (nSPS) is 11.8. The van der Waals surface area contributed by atoms with Crippen LogP contribution in [0.3, 0.4) is 0 Å². The van der Waals surface area contributed by atoms with Crippen molar-refractivity contribution in [2.24, 2.45) is 5.41 Å². The molecule has 0 aliphatic rings. The quantitative estimate of drug-likeness (QED) is 0.642. The van der Waals surface area contributed by atoms with E-state index in [1.165, 1.54) is 6.07 Å². The summed E-state index contributed by atoms with van der Waals surface area (Å²) in [5, 5.41) is 30.6. The predicted molar refractivity (Wildman–Crippen MR) is 72.8 cm³/mol. The first kappa shape index (κ1) is 14.5. The number of nitro benzene ring substituents is 1. The number of aliphatic hydroxyl groups excluding tert-OH is 1. The van der Waals surface area contributed by atoms with Gasteiger partial charge in [-0.15, -0.1) is 0 Å². The number of nitro groups is 1. The molecular formula is C11H13ClN4O4. The summed E-state index contributed by atoms with van der Waals surface area (Å²) in [5.41, 5.74) is -0.335. The number of rotatable bonds is 5. The molecule has 1 heterocycles. The standard InChI is InChI=1S/C11H13ClN4O4/c1-11(2,5-17)4-13-7-3-6(12)8-9(15-20-14-8)10(7)16(18)19/h3,13,17H,4-5H2,1-2H3. The summed E-state index contributed by atoms with van der Waals surface area (Å²) in [5.74, 6) is 0. The highest BCUT2D eigenvalue weighted by Gasteiger charge is 2.26. The number of hydrogen-bond acceptors (Lipinski definition) is 7. The highest BCUT2D eigenvalue weighted by Crippen LogP contribution is 2.36. The van der Waals surface area contributed by atoms with E-state index in [4.69, 9.17) is 11.6 Å². The number of nitrogens with zero attached hydrogens (tertiary/aromatic N) is 3. The average molecular weight is 301 g/mol. The predicted octanol–water partition coefficient (Wildman–Crippen LogP) is 2.21. The van der Waals surface area contributed by atoms with Crippen LogP contribution < -0.4 is 5.32 Å². The maximum absolute atomic E-state index is 11.2. The van der Waals surface area contributed by atoms with Crippen molar-refractivity contribution in [3.8, 4) is 0 Å². The largest absolute Gasteiger partial charge is 0.396 e. The molecule has 2 aromatic rings. The number of aliphatic hydroxyl groups is 1. The minimum Gasteiger partial charge on any atom is -0.396 e. The highest BCUT2D eigenvalue weighted by molar-refractivity contribution is 6.35. The summed E-state index contributed by atoms with van der Waals surface area (Å²) in [6.07, 6.45) is 0. The van der Waals surface area contributed by atoms with Crippen LogP contribution in [0, 0.1) is 15.5 Å². The van der Waals surface area contributed by atoms with Crippen LogP contribution in [0.1, 0.15) is 13.8 Å². The van der Waals surface area contributed by atoms with Gasteiger partial charge in [-0.2, -0.15) is 0 Å². The van der Waals surface area contributed by atoms with Crippen molar-refractivity contribution in [2.75, 3.05) is 18.5 Å². The van der Waals surface area contributed by atoms with Gasteiger partial charge in [0.2, 0.25) is 5.52 Å². The Balaban J connectivity index is 2.46.